The van der Waals surface area contributed by atoms with Gasteiger partial charge in [-0.1, -0.05) is 13.8 Å². The number of rotatable bonds is 2. The van der Waals surface area contributed by atoms with Crippen molar-refractivity contribution in [3.05, 3.63) is 29.8 Å². The zero-order valence-corrected chi connectivity index (χ0v) is 13.5. The number of hydrogen-bond donors (Lipinski definition) is 1. The van der Waals surface area contributed by atoms with Gasteiger partial charge in [-0.3, -0.25) is 0 Å². The van der Waals surface area contributed by atoms with Crippen molar-refractivity contribution in [2.45, 2.75) is 31.2 Å². The topological polar surface area (TPSA) is 63.4 Å². The first-order valence-electron chi connectivity index (χ1n) is 6.35. The van der Waals surface area contributed by atoms with Crippen LogP contribution in [0.25, 0.3) is 0 Å². The van der Waals surface area contributed by atoms with Crippen LogP contribution >= 0.6 is 12.4 Å². The Labute approximate surface area is 129 Å². The summed E-state index contributed by atoms with van der Waals surface area (Å²) >= 11 is 0. The quantitative estimate of drug-likeness (QED) is 0.897. The number of sulfonamides is 1. The van der Waals surface area contributed by atoms with Gasteiger partial charge in [0.25, 0.3) is 0 Å². The van der Waals surface area contributed by atoms with Crippen LogP contribution in [0.1, 0.15) is 20.3 Å². The average molecular weight is 341 g/mol. The van der Waals surface area contributed by atoms with Gasteiger partial charge in [0.2, 0.25) is 10.0 Å². The van der Waals surface area contributed by atoms with Gasteiger partial charge >= 0.3 is 0 Å². The van der Waals surface area contributed by atoms with Crippen LogP contribution < -0.4 is 5.73 Å². The number of nitrogens with two attached hydrogens (primary N) is 1. The van der Waals surface area contributed by atoms with Crippen LogP contribution in [0.2, 0.25) is 0 Å². The average Bonchev–Trinajstić information content (AvgIpc) is 2.35. The highest BCUT2D eigenvalue weighted by Crippen LogP contribution is 2.31. The van der Waals surface area contributed by atoms with E-state index >= 15 is 0 Å². The van der Waals surface area contributed by atoms with E-state index in [-0.39, 0.29) is 41.8 Å². The van der Waals surface area contributed by atoms with E-state index < -0.39 is 21.7 Å². The van der Waals surface area contributed by atoms with E-state index in [0.29, 0.717) is 12.5 Å². The van der Waals surface area contributed by atoms with Crippen LogP contribution in [-0.4, -0.2) is 31.9 Å². The van der Waals surface area contributed by atoms with Crippen molar-refractivity contribution in [3.63, 3.8) is 0 Å². The molecule has 4 nitrogen and oxygen atoms in total. The van der Waals surface area contributed by atoms with Gasteiger partial charge in [-0.2, -0.15) is 4.31 Å². The van der Waals surface area contributed by atoms with E-state index in [1.165, 1.54) is 4.31 Å². The zero-order valence-electron chi connectivity index (χ0n) is 11.8. The maximum Gasteiger partial charge on any atom is 0.243 e. The van der Waals surface area contributed by atoms with Gasteiger partial charge in [-0.05, 0) is 30.0 Å². The Morgan fingerprint density at radius 3 is 2.43 bits per heavy atom. The van der Waals surface area contributed by atoms with E-state index in [1.54, 1.807) is 0 Å². The summed E-state index contributed by atoms with van der Waals surface area (Å²) in [7, 11) is -3.82. The monoisotopic (exact) mass is 340 g/mol. The van der Waals surface area contributed by atoms with Crippen LogP contribution in [-0.2, 0) is 10.0 Å². The lowest BCUT2D eigenvalue weighted by atomic mass is 9.81. The van der Waals surface area contributed by atoms with Crippen molar-refractivity contribution < 1.29 is 17.2 Å². The van der Waals surface area contributed by atoms with Gasteiger partial charge in [0, 0.05) is 19.1 Å². The fourth-order valence-corrected chi connectivity index (χ4v) is 3.96. The summed E-state index contributed by atoms with van der Waals surface area (Å²) in [5, 5.41) is 0. The lowest BCUT2D eigenvalue weighted by Gasteiger charge is -2.41. The molecule has 0 spiro atoms. The van der Waals surface area contributed by atoms with Crippen molar-refractivity contribution in [3.8, 4) is 0 Å². The molecule has 1 heterocycles. The highest BCUT2D eigenvalue weighted by atomic mass is 35.5. The minimum atomic E-state index is -3.82. The van der Waals surface area contributed by atoms with Crippen molar-refractivity contribution in [2.24, 2.45) is 11.1 Å². The third-order valence-corrected chi connectivity index (χ3v) is 5.65. The molecule has 1 saturated heterocycles. The Bertz CT molecular complexity index is 623. The highest BCUT2D eigenvalue weighted by molar-refractivity contribution is 7.89. The number of nitrogens with zero attached hydrogens (tertiary/aromatic N) is 1. The van der Waals surface area contributed by atoms with E-state index in [1.807, 2.05) is 13.8 Å². The van der Waals surface area contributed by atoms with Crippen molar-refractivity contribution >= 4 is 22.4 Å². The molecule has 1 aromatic carbocycles. The van der Waals surface area contributed by atoms with Gasteiger partial charge in [0.15, 0.2) is 11.6 Å². The lowest BCUT2D eigenvalue weighted by molar-refractivity contribution is 0.155. The van der Waals surface area contributed by atoms with Crippen LogP contribution in [0.15, 0.2) is 23.1 Å². The van der Waals surface area contributed by atoms with Gasteiger partial charge < -0.3 is 5.73 Å². The number of piperidine rings is 1. The molecule has 1 aliphatic heterocycles. The van der Waals surface area contributed by atoms with Crippen molar-refractivity contribution in [2.75, 3.05) is 13.1 Å². The number of benzene rings is 1. The second-order valence-electron chi connectivity index (χ2n) is 5.80. The normalized spacial score (nSPS) is 22.6. The molecule has 2 N–H and O–H groups in total. The fraction of sp³-hybridized carbons (Fsp3) is 0.538. The Morgan fingerprint density at radius 1 is 1.29 bits per heavy atom. The summed E-state index contributed by atoms with van der Waals surface area (Å²) in [4.78, 5) is -0.234. The van der Waals surface area contributed by atoms with Gasteiger partial charge in [-0.15, -0.1) is 12.4 Å². The van der Waals surface area contributed by atoms with Gasteiger partial charge in [-0.25, -0.2) is 17.2 Å². The first-order valence-corrected chi connectivity index (χ1v) is 7.79. The molecule has 120 valence electrons. The van der Waals surface area contributed by atoms with E-state index in [9.17, 15) is 17.2 Å². The maximum absolute atomic E-state index is 13.2. The molecule has 1 aliphatic rings. The van der Waals surface area contributed by atoms with Crippen molar-refractivity contribution in [1.82, 2.24) is 4.31 Å². The molecular formula is C13H19ClF2N2O2S. The highest BCUT2D eigenvalue weighted by Gasteiger charge is 2.38. The summed E-state index contributed by atoms with van der Waals surface area (Å²) in [6.07, 6.45) is 0.538. The largest absolute Gasteiger partial charge is 0.327 e. The molecule has 0 aromatic heterocycles. The smallest absolute Gasteiger partial charge is 0.243 e. The van der Waals surface area contributed by atoms with Gasteiger partial charge in [0.1, 0.15) is 0 Å². The Balaban J connectivity index is 0.00000220. The summed E-state index contributed by atoms with van der Waals surface area (Å²) in [6.45, 7) is 4.33. The van der Waals surface area contributed by atoms with E-state index in [0.717, 1.165) is 12.1 Å². The number of hydrogen-bond acceptors (Lipinski definition) is 3. The van der Waals surface area contributed by atoms with Crippen LogP contribution in [0, 0.1) is 17.0 Å². The van der Waals surface area contributed by atoms with Crippen LogP contribution in [0.5, 0.6) is 0 Å². The Morgan fingerprint density at radius 2 is 1.90 bits per heavy atom. The molecule has 2 rings (SSSR count). The minimum absolute atomic E-state index is 0. The third-order valence-electron chi connectivity index (χ3n) is 3.81. The number of halogens is 3. The molecular weight excluding hydrogens is 322 g/mol. The molecule has 1 aromatic rings. The molecule has 0 bridgehead atoms. The molecule has 0 amide bonds. The Kier molecular flexibility index (Phi) is 5.36. The van der Waals surface area contributed by atoms with Crippen LogP contribution in [0.3, 0.4) is 0 Å². The lowest BCUT2D eigenvalue weighted by Crippen LogP contribution is -2.53. The Hall–Kier alpha value is -0.760. The zero-order chi connectivity index (χ0) is 15.1. The van der Waals surface area contributed by atoms with E-state index in [4.69, 9.17) is 5.73 Å². The predicted molar refractivity (Wildman–Crippen MR) is 78.7 cm³/mol. The first kappa shape index (κ1) is 18.3. The summed E-state index contributed by atoms with van der Waals surface area (Å²) in [5.41, 5.74) is 5.61. The van der Waals surface area contributed by atoms with Gasteiger partial charge in [0.05, 0.1) is 4.90 Å². The molecule has 0 radical (unpaired) electrons. The van der Waals surface area contributed by atoms with Crippen LogP contribution in [0.4, 0.5) is 8.78 Å². The summed E-state index contributed by atoms with van der Waals surface area (Å²) in [5.74, 6) is -2.23. The van der Waals surface area contributed by atoms with E-state index in [2.05, 4.69) is 0 Å². The summed E-state index contributed by atoms with van der Waals surface area (Å²) in [6, 6.07) is 2.53. The maximum atomic E-state index is 13.2. The second kappa shape index (κ2) is 6.16. The molecule has 1 atom stereocenters. The molecule has 8 heteroatoms. The SMILES string of the molecule is CC1(C)CN(S(=O)(=O)c2ccc(F)c(F)c2)CCC1N.Cl. The van der Waals surface area contributed by atoms with Crippen molar-refractivity contribution in [1.29, 1.82) is 0 Å². The first-order chi connectivity index (χ1) is 9.14. The summed E-state index contributed by atoms with van der Waals surface area (Å²) < 4.78 is 52.3. The minimum Gasteiger partial charge on any atom is -0.327 e. The fourth-order valence-electron chi connectivity index (χ4n) is 2.32. The molecule has 1 unspecified atom stereocenters. The second-order valence-corrected chi connectivity index (χ2v) is 7.74. The standard InChI is InChI=1S/C13H18F2N2O2S.ClH/c1-13(2)8-17(6-5-12(13)16)20(18,19)9-3-4-10(14)11(15)7-9;/h3-4,7,12H,5-6,8,16H2,1-2H3;1H. The third kappa shape index (κ3) is 3.53. The molecule has 1 fully saturated rings. The molecule has 0 saturated carbocycles. The molecule has 0 aliphatic carbocycles. The predicted octanol–water partition coefficient (Wildman–Crippen LogP) is 2.13. The molecule has 21 heavy (non-hydrogen) atoms.